The quantitative estimate of drug-likeness (QED) is 0.908. The Morgan fingerprint density at radius 3 is 2.71 bits per heavy atom. The van der Waals surface area contributed by atoms with E-state index in [0.29, 0.717) is 11.3 Å². The number of amides is 1. The summed E-state index contributed by atoms with van der Waals surface area (Å²) < 4.78 is 14.4. The van der Waals surface area contributed by atoms with Crippen molar-refractivity contribution in [3.05, 3.63) is 58.3 Å². The lowest BCUT2D eigenvalue weighted by atomic mass is 10.1. The number of hydrogen-bond donors (Lipinski definition) is 1. The summed E-state index contributed by atoms with van der Waals surface area (Å²) in [5.41, 5.74) is 2.05. The smallest absolute Gasteiger partial charge is 0.228 e. The Morgan fingerprint density at radius 1 is 1.24 bits per heavy atom. The van der Waals surface area contributed by atoms with Crippen molar-refractivity contribution in [1.82, 2.24) is 0 Å². The van der Waals surface area contributed by atoms with Crippen molar-refractivity contribution in [2.24, 2.45) is 0 Å². The minimum Gasteiger partial charge on any atom is -0.378 e. The Morgan fingerprint density at radius 2 is 2.00 bits per heavy atom. The van der Waals surface area contributed by atoms with Gasteiger partial charge in [-0.25, -0.2) is 4.39 Å². The van der Waals surface area contributed by atoms with Crippen LogP contribution in [0.25, 0.3) is 0 Å². The zero-order valence-electron chi connectivity index (χ0n) is 11.9. The molecule has 0 aliphatic heterocycles. The number of nitrogens with zero attached hydrogens (tertiary/aromatic N) is 1. The number of rotatable bonds is 4. The fourth-order valence-electron chi connectivity index (χ4n) is 1.92. The fourth-order valence-corrected chi connectivity index (χ4v) is 2.33. The van der Waals surface area contributed by atoms with Crippen LogP contribution in [0.3, 0.4) is 0 Å². The molecule has 110 valence electrons. The lowest BCUT2D eigenvalue weighted by Crippen LogP contribution is -2.16. The zero-order valence-corrected chi connectivity index (χ0v) is 13.4. The minimum atomic E-state index is -0.379. The maximum atomic E-state index is 13.6. The molecule has 0 saturated carbocycles. The molecule has 0 atom stereocenters. The molecule has 3 nitrogen and oxygen atoms in total. The van der Waals surface area contributed by atoms with Gasteiger partial charge >= 0.3 is 0 Å². The van der Waals surface area contributed by atoms with E-state index in [0.717, 1.165) is 10.2 Å². The fraction of sp³-hybridized carbons (Fsp3) is 0.188. The van der Waals surface area contributed by atoms with Gasteiger partial charge in [-0.3, -0.25) is 4.79 Å². The van der Waals surface area contributed by atoms with E-state index < -0.39 is 0 Å². The lowest BCUT2D eigenvalue weighted by molar-refractivity contribution is -0.115. The molecule has 2 aromatic carbocycles. The van der Waals surface area contributed by atoms with Gasteiger partial charge in [0.25, 0.3) is 0 Å². The molecule has 21 heavy (non-hydrogen) atoms. The van der Waals surface area contributed by atoms with Crippen molar-refractivity contribution in [2.45, 2.75) is 6.42 Å². The van der Waals surface area contributed by atoms with Crippen molar-refractivity contribution < 1.29 is 9.18 Å². The van der Waals surface area contributed by atoms with Crippen LogP contribution in [0.2, 0.25) is 0 Å². The van der Waals surface area contributed by atoms with Crippen LogP contribution in [0.4, 0.5) is 15.8 Å². The molecule has 1 amide bonds. The first kappa shape index (κ1) is 15.5. The Labute approximate surface area is 131 Å². The summed E-state index contributed by atoms with van der Waals surface area (Å²) >= 11 is 3.27. The highest BCUT2D eigenvalue weighted by Gasteiger charge is 2.09. The summed E-state index contributed by atoms with van der Waals surface area (Å²) in [6.07, 6.45) is -0.00251. The molecule has 0 aromatic heterocycles. The molecule has 0 spiro atoms. The largest absolute Gasteiger partial charge is 0.378 e. The number of benzene rings is 2. The van der Waals surface area contributed by atoms with E-state index in [-0.39, 0.29) is 18.1 Å². The summed E-state index contributed by atoms with van der Waals surface area (Å²) in [4.78, 5) is 14.0. The summed E-state index contributed by atoms with van der Waals surface area (Å²) in [7, 11) is 3.86. The molecule has 0 aliphatic carbocycles. The summed E-state index contributed by atoms with van der Waals surface area (Å²) in [5, 5.41) is 2.78. The molecule has 0 unspecified atom stereocenters. The van der Waals surface area contributed by atoms with E-state index in [1.165, 1.54) is 6.07 Å². The van der Waals surface area contributed by atoms with Crippen molar-refractivity contribution >= 4 is 33.2 Å². The average molecular weight is 351 g/mol. The topological polar surface area (TPSA) is 32.3 Å². The number of carbonyl (C=O) groups excluding carboxylic acids is 1. The molecular formula is C16H16BrFN2O. The maximum absolute atomic E-state index is 13.6. The van der Waals surface area contributed by atoms with Gasteiger partial charge in [-0.2, -0.15) is 0 Å². The average Bonchev–Trinajstić information content (AvgIpc) is 2.43. The molecule has 5 heteroatoms. The molecule has 2 rings (SSSR count). The third-order valence-electron chi connectivity index (χ3n) is 3.01. The van der Waals surface area contributed by atoms with E-state index in [1.807, 2.05) is 43.3 Å². The highest BCUT2D eigenvalue weighted by atomic mass is 79.9. The van der Waals surface area contributed by atoms with Crippen molar-refractivity contribution in [3.8, 4) is 0 Å². The molecule has 1 N–H and O–H groups in total. The normalized spacial score (nSPS) is 10.3. The van der Waals surface area contributed by atoms with Gasteiger partial charge in [0, 0.05) is 29.9 Å². The molecule has 0 bridgehead atoms. The minimum absolute atomic E-state index is 0.00251. The van der Waals surface area contributed by atoms with Crippen LogP contribution in [0.1, 0.15) is 5.56 Å². The predicted molar refractivity (Wildman–Crippen MR) is 87.2 cm³/mol. The van der Waals surface area contributed by atoms with Gasteiger partial charge in [0.1, 0.15) is 5.82 Å². The van der Waals surface area contributed by atoms with Crippen molar-refractivity contribution in [2.75, 3.05) is 24.3 Å². The first-order valence-electron chi connectivity index (χ1n) is 6.47. The van der Waals surface area contributed by atoms with Gasteiger partial charge in [-0.1, -0.05) is 22.0 Å². The first-order valence-corrected chi connectivity index (χ1v) is 7.26. The van der Waals surface area contributed by atoms with Crippen molar-refractivity contribution in [3.63, 3.8) is 0 Å². The van der Waals surface area contributed by atoms with Crippen LogP contribution in [-0.4, -0.2) is 20.0 Å². The highest BCUT2D eigenvalue weighted by molar-refractivity contribution is 9.10. The standard InChI is InChI=1S/C16H16BrFN2O/c1-20(2)14-5-3-4-13(10-14)19-16(21)9-11-8-12(17)6-7-15(11)18/h3-8,10H,9H2,1-2H3,(H,19,21). The Balaban J connectivity index is 2.08. The first-order chi connectivity index (χ1) is 9.95. The molecule has 2 aromatic rings. The second kappa shape index (κ2) is 6.72. The highest BCUT2D eigenvalue weighted by Crippen LogP contribution is 2.19. The Hall–Kier alpha value is -1.88. The van der Waals surface area contributed by atoms with Crippen molar-refractivity contribution in [1.29, 1.82) is 0 Å². The van der Waals surface area contributed by atoms with Gasteiger partial charge in [0.05, 0.1) is 6.42 Å². The Kier molecular flexibility index (Phi) is 4.96. The van der Waals surface area contributed by atoms with Crippen LogP contribution in [-0.2, 0) is 11.2 Å². The van der Waals surface area contributed by atoms with E-state index in [2.05, 4.69) is 21.2 Å². The monoisotopic (exact) mass is 350 g/mol. The lowest BCUT2D eigenvalue weighted by Gasteiger charge is -2.14. The van der Waals surface area contributed by atoms with E-state index in [4.69, 9.17) is 0 Å². The van der Waals surface area contributed by atoms with Crippen LogP contribution < -0.4 is 10.2 Å². The predicted octanol–water partition coefficient (Wildman–Crippen LogP) is 3.84. The molecule has 0 heterocycles. The molecule has 0 fully saturated rings. The van der Waals surface area contributed by atoms with Crippen LogP contribution in [0, 0.1) is 5.82 Å². The summed E-state index contributed by atoms with van der Waals surface area (Å²) in [5.74, 6) is -0.627. The number of hydrogen-bond acceptors (Lipinski definition) is 2. The van der Waals surface area contributed by atoms with Crippen LogP contribution in [0.15, 0.2) is 46.9 Å². The third kappa shape index (κ3) is 4.29. The number of anilines is 2. The van der Waals surface area contributed by atoms with Gasteiger partial charge in [-0.15, -0.1) is 0 Å². The SMILES string of the molecule is CN(C)c1cccc(NC(=O)Cc2cc(Br)ccc2F)c1. The van der Waals surface area contributed by atoms with Crippen LogP contribution in [0.5, 0.6) is 0 Å². The van der Waals surface area contributed by atoms with E-state index >= 15 is 0 Å². The third-order valence-corrected chi connectivity index (χ3v) is 3.50. The van der Waals surface area contributed by atoms with E-state index in [9.17, 15) is 9.18 Å². The second-order valence-corrected chi connectivity index (χ2v) is 5.82. The van der Waals surface area contributed by atoms with Gasteiger partial charge in [0.15, 0.2) is 0 Å². The number of halogens is 2. The van der Waals surface area contributed by atoms with E-state index in [1.54, 1.807) is 12.1 Å². The molecular weight excluding hydrogens is 335 g/mol. The molecule has 0 aliphatic rings. The molecule has 0 radical (unpaired) electrons. The van der Waals surface area contributed by atoms with Gasteiger partial charge in [0.2, 0.25) is 5.91 Å². The zero-order chi connectivity index (χ0) is 15.4. The summed E-state index contributed by atoms with van der Waals surface area (Å²) in [6.45, 7) is 0. The summed E-state index contributed by atoms with van der Waals surface area (Å²) in [6, 6.07) is 12.1. The van der Waals surface area contributed by atoms with Gasteiger partial charge in [-0.05, 0) is 42.0 Å². The molecule has 0 saturated heterocycles. The Bertz CT molecular complexity index is 658. The second-order valence-electron chi connectivity index (χ2n) is 4.91. The maximum Gasteiger partial charge on any atom is 0.228 e. The van der Waals surface area contributed by atoms with Gasteiger partial charge < -0.3 is 10.2 Å². The number of carbonyl (C=O) groups is 1. The van der Waals surface area contributed by atoms with Crippen LogP contribution >= 0.6 is 15.9 Å². The number of nitrogens with one attached hydrogen (secondary N) is 1.